The summed E-state index contributed by atoms with van der Waals surface area (Å²) in [6, 6.07) is 8.87. The summed E-state index contributed by atoms with van der Waals surface area (Å²) >= 11 is 0. The molecular formula is C14H19NO. The third kappa shape index (κ3) is 2.11. The van der Waals surface area contributed by atoms with Gasteiger partial charge in [0.15, 0.2) is 0 Å². The molecule has 86 valence electrons. The molecule has 1 heterocycles. The van der Waals surface area contributed by atoms with Gasteiger partial charge in [0.1, 0.15) is 0 Å². The first-order valence-electron chi connectivity index (χ1n) is 6.08. The van der Waals surface area contributed by atoms with Crippen LogP contribution >= 0.6 is 0 Å². The van der Waals surface area contributed by atoms with Crippen molar-refractivity contribution in [2.45, 2.75) is 39.2 Å². The third-order valence-electron chi connectivity index (χ3n) is 3.41. The monoisotopic (exact) mass is 217 g/mol. The molecule has 2 nitrogen and oxygen atoms in total. The maximum absolute atomic E-state index is 11.8. The van der Waals surface area contributed by atoms with Crippen LogP contribution in [0.2, 0.25) is 0 Å². The molecule has 0 spiro atoms. The fraction of sp³-hybridized carbons (Fsp3) is 0.500. The number of carbonyl (C=O) groups is 1. The van der Waals surface area contributed by atoms with Crippen molar-refractivity contribution < 1.29 is 4.79 Å². The van der Waals surface area contributed by atoms with Crippen molar-refractivity contribution in [2.24, 2.45) is 0 Å². The maximum atomic E-state index is 11.8. The van der Waals surface area contributed by atoms with Gasteiger partial charge in [-0.15, -0.1) is 0 Å². The topological polar surface area (TPSA) is 20.3 Å². The van der Waals surface area contributed by atoms with E-state index >= 15 is 0 Å². The van der Waals surface area contributed by atoms with Gasteiger partial charge in [-0.3, -0.25) is 4.79 Å². The van der Waals surface area contributed by atoms with E-state index in [4.69, 9.17) is 0 Å². The summed E-state index contributed by atoms with van der Waals surface area (Å²) in [6.07, 6.45) is 2.59. The first-order chi connectivity index (χ1) is 7.72. The van der Waals surface area contributed by atoms with Crippen molar-refractivity contribution in [3.63, 3.8) is 0 Å². The van der Waals surface area contributed by atoms with Crippen molar-refractivity contribution >= 4 is 5.91 Å². The highest BCUT2D eigenvalue weighted by Crippen LogP contribution is 2.20. The fourth-order valence-electron chi connectivity index (χ4n) is 2.46. The standard InChI is InChI=1S/C14H19NO/c1-3-14(16)15-9-8-12-6-4-5-7-13(12)10-11(15)2/h4-7,11H,3,8-10H2,1-2H3. The number of rotatable bonds is 1. The zero-order valence-electron chi connectivity index (χ0n) is 10.1. The Kier molecular flexibility index (Phi) is 3.28. The SMILES string of the molecule is CCC(=O)N1CCc2ccccc2CC1C. The molecule has 0 saturated heterocycles. The molecule has 1 aliphatic rings. The molecule has 1 amide bonds. The molecule has 0 aromatic heterocycles. The predicted molar refractivity (Wildman–Crippen MR) is 65.3 cm³/mol. The van der Waals surface area contributed by atoms with Crippen molar-refractivity contribution in [3.8, 4) is 0 Å². The van der Waals surface area contributed by atoms with E-state index < -0.39 is 0 Å². The lowest BCUT2D eigenvalue weighted by Gasteiger charge is -2.26. The number of hydrogen-bond donors (Lipinski definition) is 0. The second-order valence-electron chi connectivity index (χ2n) is 4.51. The zero-order chi connectivity index (χ0) is 11.5. The van der Waals surface area contributed by atoms with Crippen LogP contribution < -0.4 is 0 Å². The van der Waals surface area contributed by atoms with Crippen LogP contribution in [0.3, 0.4) is 0 Å². The van der Waals surface area contributed by atoms with Gasteiger partial charge in [0, 0.05) is 19.0 Å². The van der Waals surface area contributed by atoms with Crippen LogP contribution in [0.15, 0.2) is 24.3 Å². The molecule has 0 radical (unpaired) electrons. The molecular weight excluding hydrogens is 198 g/mol. The summed E-state index contributed by atoms with van der Waals surface area (Å²) < 4.78 is 0. The minimum Gasteiger partial charge on any atom is -0.339 e. The van der Waals surface area contributed by atoms with Gasteiger partial charge < -0.3 is 4.90 Å². The predicted octanol–water partition coefficient (Wildman–Crippen LogP) is 2.41. The summed E-state index contributed by atoms with van der Waals surface area (Å²) in [5, 5.41) is 0. The highest BCUT2D eigenvalue weighted by molar-refractivity contribution is 5.76. The third-order valence-corrected chi connectivity index (χ3v) is 3.41. The summed E-state index contributed by atoms with van der Waals surface area (Å²) in [6.45, 7) is 4.95. The largest absolute Gasteiger partial charge is 0.339 e. The lowest BCUT2D eigenvalue weighted by atomic mass is 10.0. The number of hydrogen-bond acceptors (Lipinski definition) is 1. The van der Waals surface area contributed by atoms with Crippen LogP contribution in [-0.2, 0) is 17.6 Å². The van der Waals surface area contributed by atoms with E-state index in [0.717, 1.165) is 19.4 Å². The van der Waals surface area contributed by atoms with Crippen LogP contribution in [-0.4, -0.2) is 23.4 Å². The fourth-order valence-corrected chi connectivity index (χ4v) is 2.46. The van der Waals surface area contributed by atoms with Gasteiger partial charge >= 0.3 is 0 Å². The average Bonchev–Trinajstić information content (AvgIpc) is 2.46. The van der Waals surface area contributed by atoms with E-state index in [1.807, 2.05) is 11.8 Å². The molecule has 0 fully saturated rings. The van der Waals surface area contributed by atoms with E-state index in [-0.39, 0.29) is 5.91 Å². The zero-order valence-corrected chi connectivity index (χ0v) is 10.1. The van der Waals surface area contributed by atoms with E-state index in [1.54, 1.807) is 0 Å². The van der Waals surface area contributed by atoms with Gasteiger partial charge in [-0.2, -0.15) is 0 Å². The van der Waals surface area contributed by atoms with Crippen LogP contribution in [0.25, 0.3) is 0 Å². The molecule has 0 saturated carbocycles. The summed E-state index contributed by atoms with van der Waals surface area (Å²) in [7, 11) is 0. The van der Waals surface area contributed by atoms with Gasteiger partial charge in [-0.05, 0) is 30.9 Å². The molecule has 1 aromatic carbocycles. The Morgan fingerprint density at radius 1 is 1.38 bits per heavy atom. The highest BCUT2D eigenvalue weighted by atomic mass is 16.2. The summed E-state index contributed by atoms with van der Waals surface area (Å²) in [5.74, 6) is 0.278. The van der Waals surface area contributed by atoms with Crippen LogP contribution in [0.5, 0.6) is 0 Å². The van der Waals surface area contributed by atoms with Gasteiger partial charge in [-0.25, -0.2) is 0 Å². The first-order valence-corrected chi connectivity index (χ1v) is 6.08. The quantitative estimate of drug-likeness (QED) is 0.707. The number of benzene rings is 1. The number of fused-ring (bicyclic) bond motifs is 1. The molecule has 1 aromatic rings. The molecule has 0 N–H and O–H groups in total. The average molecular weight is 217 g/mol. The highest BCUT2D eigenvalue weighted by Gasteiger charge is 2.22. The van der Waals surface area contributed by atoms with Crippen LogP contribution in [0, 0.1) is 0 Å². The Morgan fingerprint density at radius 3 is 2.75 bits per heavy atom. The van der Waals surface area contributed by atoms with Crippen molar-refractivity contribution in [2.75, 3.05) is 6.54 Å². The molecule has 2 rings (SSSR count). The van der Waals surface area contributed by atoms with Crippen LogP contribution in [0.4, 0.5) is 0 Å². The van der Waals surface area contributed by atoms with Crippen LogP contribution in [0.1, 0.15) is 31.4 Å². The maximum Gasteiger partial charge on any atom is 0.222 e. The second-order valence-corrected chi connectivity index (χ2v) is 4.51. The number of nitrogens with zero attached hydrogens (tertiary/aromatic N) is 1. The Balaban J connectivity index is 2.21. The Morgan fingerprint density at radius 2 is 2.06 bits per heavy atom. The second kappa shape index (κ2) is 4.69. The van der Waals surface area contributed by atoms with Gasteiger partial charge in [0.25, 0.3) is 0 Å². The molecule has 1 atom stereocenters. The Bertz CT molecular complexity index is 386. The number of carbonyl (C=O) groups excluding carboxylic acids is 1. The van der Waals surface area contributed by atoms with Crippen molar-refractivity contribution in [1.29, 1.82) is 0 Å². The van der Waals surface area contributed by atoms with Crippen molar-refractivity contribution in [1.82, 2.24) is 4.90 Å². The minimum absolute atomic E-state index is 0.278. The summed E-state index contributed by atoms with van der Waals surface area (Å²) in [5.41, 5.74) is 2.81. The molecule has 2 heteroatoms. The van der Waals surface area contributed by atoms with E-state index in [9.17, 15) is 4.79 Å². The van der Waals surface area contributed by atoms with Gasteiger partial charge in [0.2, 0.25) is 5.91 Å². The van der Waals surface area contributed by atoms with E-state index in [1.165, 1.54) is 11.1 Å². The molecule has 1 aliphatic heterocycles. The Hall–Kier alpha value is -1.31. The minimum atomic E-state index is 0.278. The Labute approximate surface area is 97.3 Å². The van der Waals surface area contributed by atoms with Gasteiger partial charge in [-0.1, -0.05) is 31.2 Å². The smallest absolute Gasteiger partial charge is 0.222 e. The molecule has 1 unspecified atom stereocenters. The van der Waals surface area contributed by atoms with E-state index in [0.29, 0.717) is 12.5 Å². The lowest BCUT2D eigenvalue weighted by Crippen LogP contribution is -2.39. The first kappa shape index (κ1) is 11.2. The molecule has 0 bridgehead atoms. The normalized spacial score (nSPS) is 20.1. The molecule has 16 heavy (non-hydrogen) atoms. The lowest BCUT2D eigenvalue weighted by molar-refractivity contribution is -0.132. The van der Waals surface area contributed by atoms with Gasteiger partial charge in [0.05, 0.1) is 0 Å². The molecule has 0 aliphatic carbocycles. The van der Waals surface area contributed by atoms with E-state index in [2.05, 4.69) is 31.2 Å². The van der Waals surface area contributed by atoms with Crippen molar-refractivity contribution in [3.05, 3.63) is 35.4 Å². The summed E-state index contributed by atoms with van der Waals surface area (Å²) in [4.78, 5) is 13.8. The number of amides is 1.